The number of ether oxygens (including phenoxy) is 1. The van der Waals surface area contributed by atoms with Crippen molar-refractivity contribution in [3.05, 3.63) is 39.9 Å². The standard InChI is InChI=1S/C15H20N2O6/c1-11(15(20)23-2)10-16(8-3-9-18)14(19)12-4-6-13(7-5-12)17(21)22/h4-7,11,18H,3,8-10H2,1-2H3. The van der Waals surface area contributed by atoms with Crippen LogP contribution in [0.15, 0.2) is 24.3 Å². The average Bonchev–Trinajstić information content (AvgIpc) is 2.56. The SMILES string of the molecule is COC(=O)C(C)CN(CCCO)C(=O)c1ccc([N+](=O)[O-])cc1. The van der Waals surface area contributed by atoms with Crippen molar-refractivity contribution in [2.45, 2.75) is 13.3 Å². The number of benzene rings is 1. The van der Waals surface area contributed by atoms with E-state index in [2.05, 4.69) is 4.74 Å². The van der Waals surface area contributed by atoms with Crippen molar-refractivity contribution in [1.29, 1.82) is 0 Å². The Morgan fingerprint density at radius 2 is 1.96 bits per heavy atom. The van der Waals surface area contributed by atoms with Gasteiger partial charge < -0.3 is 14.7 Å². The third-order valence-electron chi connectivity index (χ3n) is 3.30. The van der Waals surface area contributed by atoms with E-state index in [4.69, 9.17) is 5.11 Å². The minimum atomic E-state index is -0.545. The first kappa shape index (κ1) is 18.6. The lowest BCUT2D eigenvalue weighted by Crippen LogP contribution is -2.38. The third kappa shape index (κ3) is 5.33. The van der Waals surface area contributed by atoms with E-state index in [-0.39, 0.29) is 36.9 Å². The highest BCUT2D eigenvalue weighted by Gasteiger charge is 2.22. The van der Waals surface area contributed by atoms with Crippen LogP contribution in [0.25, 0.3) is 0 Å². The first-order chi connectivity index (χ1) is 10.9. The fourth-order valence-corrected chi connectivity index (χ4v) is 2.05. The summed E-state index contributed by atoms with van der Waals surface area (Å²) in [4.78, 5) is 35.5. The van der Waals surface area contributed by atoms with Crippen LogP contribution in [0, 0.1) is 16.0 Å². The van der Waals surface area contributed by atoms with Gasteiger partial charge in [-0.25, -0.2) is 0 Å². The molecule has 0 aliphatic rings. The number of nitro benzene ring substituents is 1. The largest absolute Gasteiger partial charge is 0.469 e. The van der Waals surface area contributed by atoms with Gasteiger partial charge in [0.05, 0.1) is 18.0 Å². The molecule has 0 heterocycles. The molecule has 1 aromatic carbocycles. The number of hydrogen-bond donors (Lipinski definition) is 1. The second-order valence-corrected chi connectivity index (χ2v) is 5.06. The quantitative estimate of drug-likeness (QED) is 0.437. The van der Waals surface area contributed by atoms with Gasteiger partial charge >= 0.3 is 5.97 Å². The van der Waals surface area contributed by atoms with Gasteiger partial charge in [-0.1, -0.05) is 6.92 Å². The summed E-state index contributed by atoms with van der Waals surface area (Å²) < 4.78 is 4.64. The van der Waals surface area contributed by atoms with Gasteiger partial charge in [-0.3, -0.25) is 19.7 Å². The number of non-ortho nitro benzene ring substituents is 1. The molecule has 23 heavy (non-hydrogen) atoms. The maximum absolute atomic E-state index is 12.5. The number of nitrogens with zero attached hydrogens (tertiary/aromatic N) is 2. The van der Waals surface area contributed by atoms with Crippen molar-refractivity contribution in [2.24, 2.45) is 5.92 Å². The summed E-state index contributed by atoms with van der Waals surface area (Å²) in [5.74, 6) is -1.31. The van der Waals surface area contributed by atoms with Crippen molar-refractivity contribution < 1.29 is 24.4 Å². The number of carbonyl (C=O) groups excluding carboxylic acids is 2. The third-order valence-corrected chi connectivity index (χ3v) is 3.30. The van der Waals surface area contributed by atoms with Gasteiger partial charge in [-0.2, -0.15) is 0 Å². The summed E-state index contributed by atoms with van der Waals surface area (Å²) in [5.41, 5.74) is 0.178. The molecule has 1 amide bonds. The molecule has 1 N–H and O–H groups in total. The van der Waals surface area contributed by atoms with E-state index in [1.165, 1.54) is 36.3 Å². The molecule has 0 aliphatic carbocycles. The molecule has 1 unspecified atom stereocenters. The number of nitro groups is 1. The summed E-state index contributed by atoms with van der Waals surface area (Å²) in [7, 11) is 1.27. The first-order valence-electron chi connectivity index (χ1n) is 7.13. The number of methoxy groups -OCH3 is 1. The van der Waals surface area contributed by atoms with Crippen LogP contribution in [0.5, 0.6) is 0 Å². The van der Waals surface area contributed by atoms with Crippen molar-refractivity contribution in [3.63, 3.8) is 0 Å². The molecule has 8 nitrogen and oxygen atoms in total. The summed E-state index contributed by atoms with van der Waals surface area (Å²) in [6.45, 7) is 1.97. The molecule has 0 saturated heterocycles. The van der Waals surface area contributed by atoms with E-state index in [1.54, 1.807) is 6.92 Å². The summed E-state index contributed by atoms with van der Waals surface area (Å²) in [6, 6.07) is 5.24. The van der Waals surface area contributed by atoms with Gasteiger partial charge in [0, 0.05) is 37.4 Å². The molecule has 0 bridgehead atoms. The highest BCUT2D eigenvalue weighted by atomic mass is 16.6. The zero-order valence-electron chi connectivity index (χ0n) is 13.1. The number of rotatable bonds is 8. The van der Waals surface area contributed by atoms with E-state index in [0.717, 1.165) is 0 Å². The van der Waals surface area contributed by atoms with Gasteiger partial charge in [-0.05, 0) is 18.6 Å². The molecule has 0 saturated carbocycles. The number of aliphatic hydroxyl groups excluding tert-OH is 1. The molecular weight excluding hydrogens is 304 g/mol. The van der Waals surface area contributed by atoms with Crippen LogP contribution < -0.4 is 0 Å². The average molecular weight is 324 g/mol. The van der Waals surface area contributed by atoms with Crippen LogP contribution in [-0.4, -0.2) is 53.6 Å². The monoisotopic (exact) mass is 324 g/mol. The molecule has 0 spiro atoms. The Kier molecular flexibility index (Phi) is 7.14. The maximum Gasteiger partial charge on any atom is 0.310 e. The van der Waals surface area contributed by atoms with Gasteiger partial charge in [0.1, 0.15) is 0 Å². The highest BCUT2D eigenvalue weighted by Crippen LogP contribution is 2.15. The van der Waals surface area contributed by atoms with Crippen molar-refractivity contribution in [1.82, 2.24) is 4.90 Å². The van der Waals surface area contributed by atoms with E-state index in [1.807, 2.05) is 0 Å². The fourth-order valence-electron chi connectivity index (χ4n) is 2.05. The molecule has 1 aromatic rings. The predicted molar refractivity (Wildman–Crippen MR) is 81.9 cm³/mol. The van der Waals surface area contributed by atoms with Crippen LogP contribution in [0.2, 0.25) is 0 Å². The fraction of sp³-hybridized carbons (Fsp3) is 0.467. The minimum absolute atomic E-state index is 0.0867. The lowest BCUT2D eigenvalue weighted by atomic mass is 10.1. The number of esters is 1. The number of hydrogen-bond acceptors (Lipinski definition) is 6. The number of aliphatic hydroxyl groups is 1. The van der Waals surface area contributed by atoms with Crippen LogP contribution in [0.3, 0.4) is 0 Å². The predicted octanol–water partition coefficient (Wildman–Crippen LogP) is 1.23. The second-order valence-electron chi connectivity index (χ2n) is 5.06. The smallest absolute Gasteiger partial charge is 0.310 e. The van der Waals surface area contributed by atoms with E-state index in [9.17, 15) is 19.7 Å². The van der Waals surface area contributed by atoms with Crippen LogP contribution in [0.1, 0.15) is 23.7 Å². The Balaban J connectivity index is 2.89. The van der Waals surface area contributed by atoms with Gasteiger partial charge in [0.25, 0.3) is 11.6 Å². The van der Waals surface area contributed by atoms with Crippen LogP contribution >= 0.6 is 0 Å². The number of amides is 1. The Morgan fingerprint density at radius 3 is 2.43 bits per heavy atom. The van der Waals surface area contributed by atoms with Crippen LogP contribution in [-0.2, 0) is 9.53 Å². The van der Waals surface area contributed by atoms with E-state index >= 15 is 0 Å². The second kappa shape index (κ2) is 8.84. The molecule has 1 rings (SSSR count). The highest BCUT2D eigenvalue weighted by molar-refractivity contribution is 5.94. The molecule has 0 radical (unpaired) electrons. The lowest BCUT2D eigenvalue weighted by molar-refractivity contribution is -0.384. The zero-order chi connectivity index (χ0) is 17.4. The van der Waals surface area contributed by atoms with Gasteiger partial charge in [-0.15, -0.1) is 0 Å². The maximum atomic E-state index is 12.5. The van der Waals surface area contributed by atoms with Crippen molar-refractivity contribution in [3.8, 4) is 0 Å². The van der Waals surface area contributed by atoms with Gasteiger partial charge in [0.15, 0.2) is 0 Å². The summed E-state index contributed by atoms with van der Waals surface area (Å²) in [6.07, 6.45) is 0.368. The zero-order valence-corrected chi connectivity index (χ0v) is 13.1. The van der Waals surface area contributed by atoms with Crippen molar-refractivity contribution >= 4 is 17.6 Å². The van der Waals surface area contributed by atoms with E-state index < -0.39 is 16.8 Å². The topological polar surface area (TPSA) is 110 Å². The molecular formula is C15H20N2O6. The Morgan fingerprint density at radius 1 is 1.35 bits per heavy atom. The number of carbonyl (C=O) groups is 2. The molecule has 8 heteroatoms. The first-order valence-corrected chi connectivity index (χ1v) is 7.13. The normalized spacial score (nSPS) is 11.6. The Bertz CT molecular complexity index is 558. The Labute approximate surface area is 133 Å². The molecule has 0 aliphatic heterocycles. The molecule has 1 atom stereocenters. The minimum Gasteiger partial charge on any atom is -0.469 e. The van der Waals surface area contributed by atoms with Crippen molar-refractivity contribution in [2.75, 3.05) is 26.8 Å². The lowest BCUT2D eigenvalue weighted by Gasteiger charge is -2.25. The summed E-state index contributed by atoms with van der Waals surface area (Å²) >= 11 is 0. The van der Waals surface area contributed by atoms with E-state index in [0.29, 0.717) is 6.42 Å². The molecule has 0 fully saturated rings. The molecule has 126 valence electrons. The Hall–Kier alpha value is -2.48. The summed E-state index contributed by atoms with van der Waals surface area (Å²) in [5, 5.41) is 19.6. The molecule has 0 aromatic heterocycles. The van der Waals surface area contributed by atoms with Gasteiger partial charge in [0.2, 0.25) is 0 Å². The van der Waals surface area contributed by atoms with Crippen LogP contribution in [0.4, 0.5) is 5.69 Å².